The highest BCUT2D eigenvalue weighted by molar-refractivity contribution is 6.03. The van der Waals surface area contributed by atoms with Crippen LogP contribution in [0.15, 0.2) is 54.6 Å². The second-order valence-electron chi connectivity index (χ2n) is 8.39. The molecule has 0 spiro atoms. The third-order valence-corrected chi connectivity index (χ3v) is 5.84. The third kappa shape index (κ3) is 6.43. The van der Waals surface area contributed by atoms with Crippen LogP contribution in [0.4, 0.5) is 5.69 Å². The number of rotatable bonds is 10. The fourth-order valence-corrected chi connectivity index (χ4v) is 4.17. The average Bonchev–Trinajstić information content (AvgIpc) is 2.96. The molecule has 0 radical (unpaired) electrons. The molecule has 34 heavy (non-hydrogen) atoms. The molecule has 1 aliphatic heterocycles. The number of esters is 1. The first kappa shape index (κ1) is 25.0. The van der Waals surface area contributed by atoms with E-state index in [0.29, 0.717) is 31.4 Å². The highest BCUT2D eigenvalue weighted by Crippen LogP contribution is 2.27. The van der Waals surface area contributed by atoms with E-state index in [1.807, 2.05) is 48.5 Å². The number of nitrogens with one attached hydrogen (secondary N) is 1. The van der Waals surface area contributed by atoms with E-state index in [1.54, 1.807) is 20.0 Å². The molecule has 0 bridgehead atoms. The summed E-state index contributed by atoms with van der Waals surface area (Å²) in [4.78, 5) is 53.1. The van der Waals surface area contributed by atoms with Gasteiger partial charge in [-0.15, -0.1) is 0 Å². The summed E-state index contributed by atoms with van der Waals surface area (Å²) in [5.74, 6) is -1.70. The lowest BCUT2D eigenvalue weighted by Crippen LogP contribution is -2.52. The fourth-order valence-electron chi connectivity index (χ4n) is 4.17. The number of anilines is 1. The van der Waals surface area contributed by atoms with Crippen molar-refractivity contribution < 1.29 is 23.9 Å². The number of hydrogen-bond donors (Lipinski definition) is 1. The van der Waals surface area contributed by atoms with Crippen molar-refractivity contribution in [2.45, 2.75) is 32.2 Å². The number of carbonyl (C=O) groups is 4. The molecule has 0 saturated heterocycles. The van der Waals surface area contributed by atoms with Crippen molar-refractivity contribution in [3.63, 3.8) is 0 Å². The lowest BCUT2D eigenvalue weighted by Gasteiger charge is -2.27. The van der Waals surface area contributed by atoms with Gasteiger partial charge in [0.2, 0.25) is 18.2 Å². The normalized spacial score (nSPS) is 16.1. The van der Waals surface area contributed by atoms with Crippen molar-refractivity contribution >= 4 is 29.9 Å². The first-order valence-electron chi connectivity index (χ1n) is 11.5. The maximum absolute atomic E-state index is 13.5. The van der Waals surface area contributed by atoms with E-state index in [1.165, 1.54) is 9.80 Å². The van der Waals surface area contributed by atoms with Gasteiger partial charge in [0.15, 0.2) is 0 Å². The Morgan fingerprint density at radius 1 is 1.18 bits per heavy atom. The van der Waals surface area contributed by atoms with Crippen LogP contribution in [-0.4, -0.2) is 61.9 Å². The second-order valence-corrected chi connectivity index (χ2v) is 8.39. The molecule has 180 valence electrons. The molecule has 8 heteroatoms. The molecule has 8 nitrogen and oxygen atoms in total. The molecule has 2 aromatic carbocycles. The molecule has 0 aliphatic carbocycles. The van der Waals surface area contributed by atoms with E-state index in [-0.39, 0.29) is 31.5 Å². The van der Waals surface area contributed by atoms with Crippen molar-refractivity contribution in [3.05, 3.63) is 65.7 Å². The molecule has 0 fully saturated rings. The summed E-state index contributed by atoms with van der Waals surface area (Å²) in [6.45, 7) is 1.92. The van der Waals surface area contributed by atoms with Crippen LogP contribution in [-0.2, 0) is 36.8 Å². The largest absolute Gasteiger partial charge is 0.465 e. The van der Waals surface area contributed by atoms with Crippen molar-refractivity contribution in [2.75, 3.05) is 31.6 Å². The Bertz CT molecular complexity index is 1010. The van der Waals surface area contributed by atoms with Gasteiger partial charge in [-0.1, -0.05) is 48.5 Å². The van der Waals surface area contributed by atoms with Crippen molar-refractivity contribution in [3.8, 4) is 0 Å². The van der Waals surface area contributed by atoms with Crippen molar-refractivity contribution in [1.82, 2.24) is 10.2 Å². The summed E-state index contributed by atoms with van der Waals surface area (Å²) in [6.07, 6.45) is 2.09. The maximum Gasteiger partial charge on any atom is 0.326 e. The molecule has 2 atom stereocenters. The molecule has 3 rings (SSSR count). The topological polar surface area (TPSA) is 96.0 Å². The highest BCUT2D eigenvalue weighted by atomic mass is 16.5. The predicted molar refractivity (Wildman–Crippen MR) is 128 cm³/mol. The molecule has 0 saturated carbocycles. The number of ether oxygens (including phenoxy) is 1. The average molecular weight is 466 g/mol. The molecular weight excluding hydrogens is 434 g/mol. The van der Waals surface area contributed by atoms with Crippen LogP contribution in [0.3, 0.4) is 0 Å². The fraction of sp³-hybridized carbons (Fsp3) is 0.385. The quantitative estimate of drug-likeness (QED) is 0.428. The molecular formula is C26H31N3O5. The Labute approximate surface area is 199 Å². The van der Waals surface area contributed by atoms with Crippen LogP contribution in [0.1, 0.15) is 24.5 Å². The number of fused-ring (bicyclic) bond motifs is 1. The summed E-state index contributed by atoms with van der Waals surface area (Å²) < 4.78 is 5.07. The third-order valence-electron chi connectivity index (χ3n) is 5.84. The minimum absolute atomic E-state index is 0.216. The maximum atomic E-state index is 13.5. The zero-order valence-electron chi connectivity index (χ0n) is 19.6. The van der Waals surface area contributed by atoms with Gasteiger partial charge in [0.1, 0.15) is 12.6 Å². The molecule has 1 N–H and O–H groups in total. The molecule has 0 unspecified atom stereocenters. The molecule has 1 aliphatic rings. The van der Waals surface area contributed by atoms with Gasteiger partial charge in [0, 0.05) is 19.3 Å². The second kappa shape index (κ2) is 12.0. The van der Waals surface area contributed by atoms with Gasteiger partial charge in [0.05, 0.1) is 12.5 Å². The first-order valence-corrected chi connectivity index (χ1v) is 11.5. The summed E-state index contributed by atoms with van der Waals surface area (Å²) in [5.41, 5.74) is 2.54. The lowest BCUT2D eigenvalue weighted by atomic mass is 9.97. The number of nitrogens with zero attached hydrogens (tertiary/aromatic N) is 2. The summed E-state index contributed by atoms with van der Waals surface area (Å²) >= 11 is 0. The Morgan fingerprint density at radius 2 is 1.88 bits per heavy atom. The minimum Gasteiger partial charge on any atom is -0.465 e. The Balaban J connectivity index is 1.81. The number of carbonyl (C=O) groups excluding carboxylic acids is 4. The van der Waals surface area contributed by atoms with E-state index in [9.17, 15) is 19.2 Å². The Morgan fingerprint density at radius 3 is 2.59 bits per heavy atom. The monoisotopic (exact) mass is 465 g/mol. The molecule has 3 amide bonds. The van der Waals surface area contributed by atoms with E-state index < -0.39 is 17.9 Å². The smallest absolute Gasteiger partial charge is 0.326 e. The van der Waals surface area contributed by atoms with E-state index in [2.05, 4.69) is 5.32 Å². The summed E-state index contributed by atoms with van der Waals surface area (Å²) in [6, 6.07) is 16.2. The zero-order valence-corrected chi connectivity index (χ0v) is 19.6. The van der Waals surface area contributed by atoms with Crippen LogP contribution < -0.4 is 10.2 Å². The van der Waals surface area contributed by atoms with Gasteiger partial charge in [-0.2, -0.15) is 0 Å². The number of benzene rings is 2. The molecule has 1 heterocycles. The van der Waals surface area contributed by atoms with Gasteiger partial charge in [-0.3, -0.25) is 24.1 Å². The van der Waals surface area contributed by atoms with Crippen LogP contribution in [0.25, 0.3) is 0 Å². The lowest BCUT2D eigenvalue weighted by molar-refractivity contribution is -0.142. The standard InChI is InChI=1S/C26H31N3O5/c1-3-34-24(31)17-29-23-12-8-7-11-20(23)13-14-22(26(29)33)27-25(32)21(16-28(2)18-30)15-19-9-5-4-6-10-19/h4-12,18,21-22H,3,13-17H2,1-2H3,(H,27,32)/t21-,22+/m1/s1. The Hall–Kier alpha value is -3.68. The number of aryl methyl sites for hydroxylation is 1. The van der Waals surface area contributed by atoms with E-state index in [4.69, 9.17) is 4.74 Å². The van der Waals surface area contributed by atoms with Crippen molar-refractivity contribution in [1.29, 1.82) is 0 Å². The summed E-state index contributed by atoms with van der Waals surface area (Å²) in [7, 11) is 1.62. The van der Waals surface area contributed by atoms with Crippen LogP contribution in [0.5, 0.6) is 0 Å². The summed E-state index contributed by atoms with van der Waals surface area (Å²) in [5, 5.41) is 2.90. The van der Waals surface area contributed by atoms with Crippen LogP contribution >= 0.6 is 0 Å². The first-order chi connectivity index (χ1) is 16.4. The highest BCUT2D eigenvalue weighted by Gasteiger charge is 2.34. The number of hydrogen-bond acceptors (Lipinski definition) is 5. The van der Waals surface area contributed by atoms with Gasteiger partial charge in [0.25, 0.3) is 0 Å². The van der Waals surface area contributed by atoms with E-state index in [0.717, 1.165) is 11.1 Å². The van der Waals surface area contributed by atoms with Gasteiger partial charge in [-0.05, 0) is 43.4 Å². The SMILES string of the molecule is CCOC(=O)CN1C(=O)[C@@H](NC(=O)[C@H](Cc2ccccc2)CN(C)C=O)CCc2ccccc21. The van der Waals surface area contributed by atoms with Crippen LogP contribution in [0.2, 0.25) is 0 Å². The van der Waals surface area contributed by atoms with E-state index >= 15 is 0 Å². The van der Waals surface area contributed by atoms with Gasteiger partial charge in [-0.25, -0.2) is 0 Å². The minimum atomic E-state index is -0.797. The van der Waals surface area contributed by atoms with Crippen molar-refractivity contribution in [2.24, 2.45) is 5.92 Å². The zero-order chi connectivity index (χ0) is 24.5. The number of para-hydroxylation sites is 1. The number of amides is 3. The Kier molecular flexibility index (Phi) is 8.79. The van der Waals surface area contributed by atoms with Crippen LogP contribution in [0, 0.1) is 5.92 Å². The van der Waals surface area contributed by atoms with Gasteiger partial charge < -0.3 is 15.0 Å². The molecule has 0 aromatic heterocycles. The molecule has 2 aromatic rings. The van der Waals surface area contributed by atoms with Gasteiger partial charge >= 0.3 is 5.97 Å². The predicted octanol–water partition coefficient (Wildman–Crippen LogP) is 1.96.